The molecule has 0 unspecified atom stereocenters. The minimum absolute atomic E-state index is 0.214. The van der Waals surface area contributed by atoms with E-state index in [0.717, 1.165) is 42.3 Å². The average Bonchev–Trinajstić information content (AvgIpc) is 3.14. The van der Waals surface area contributed by atoms with Gasteiger partial charge in [0.1, 0.15) is 11.5 Å². The van der Waals surface area contributed by atoms with Gasteiger partial charge < -0.3 is 14.6 Å². The van der Waals surface area contributed by atoms with Crippen molar-refractivity contribution in [1.82, 2.24) is 0 Å². The van der Waals surface area contributed by atoms with E-state index < -0.39 is 0 Å². The van der Waals surface area contributed by atoms with E-state index in [1.54, 1.807) is 0 Å². The van der Waals surface area contributed by atoms with Crippen molar-refractivity contribution in [3.05, 3.63) is 47.9 Å². The second kappa shape index (κ2) is 6.04. The fourth-order valence-electron chi connectivity index (χ4n) is 2.60. The summed E-state index contributed by atoms with van der Waals surface area (Å²) in [5.74, 6) is 2.14. The lowest BCUT2D eigenvalue weighted by atomic mass is 10.2. The maximum Gasteiger partial charge on any atom is 0.227 e. The predicted molar refractivity (Wildman–Crippen MR) is 83.4 cm³/mol. The molecule has 1 aliphatic heterocycles. The van der Waals surface area contributed by atoms with Gasteiger partial charge in [0.15, 0.2) is 0 Å². The molecule has 1 aromatic carbocycles. The highest BCUT2D eigenvalue weighted by molar-refractivity contribution is 5.95. The number of furan rings is 1. The van der Waals surface area contributed by atoms with Crippen LogP contribution < -0.4 is 10.2 Å². The normalized spacial score (nSPS) is 14.7. The third-order valence-electron chi connectivity index (χ3n) is 3.76. The molecule has 1 amide bonds. The van der Waals surface area contributed by atoms with Crippen molar-refractivity contribution in [2.24, 2.45) is 0 Å². The fraction of sp³-hybridized carbons (Fsp3) is 0.353. The molecule has 3 rings (SSSR count). The number of aryl methyl sites for hydroxylation is 1. The number of nitrogens with zero attached hydrogens (tertiary/aromatic N) is 1. The Labute approximate surface area is 124 Å². The molecule has 110 valence electrons. The smallest absolute Gasteiger partial charge is 0.227 e. The number of benzene rings is 1. The van der Waals surface area contributed by atoms with E-state index in [0.29, 0.717) is 13.0 Å². The molecular formula is C17H20N2O2. The van der Waals surface area contributed by atoms with Gasteiger partial charge in [0.05, 0.1) is 6.54 Å². The van der Waals surface area contributed by atoms with Crippen molar-refractivity contribution in [2.45, 2.75) is 32.7 Å². The van der Waals surface area contributed by atoms with Crippen LogP contribution in [0, 0.1) is 0 Å². The zero-order valence-electron chi connectivity index (χ0n) is 12.3. The second-order valence-corrected chi connectivity index (χ2v) is 5.27. The van der Waals surface area contributed by atoms with Crippen LogP contribution in [0.15, 0.2) is 40.8 Å². The van der Waals surface area contributed by atoms with Gasteiger partial charge in [-0.2, -0.15) is 0 Å². The minimum Gasteiger partial charge on any atom is -0.464 e. The van der Waals surface area contributed by atoms with Crippen LogP contribution in [0.3, 0.4) is 0 Å². The van der Waals surface area contributed by atoms with Crippen LogP contribution in [-0.4, -0.2) is 12.5 Å². The van der Waals surface area contributed by atoms with Gasteiger partial charge in [-0.25, -0.2) is 0 Å². The zero-order chi connectivity index (χ0) is 14.7. The maximum atomic E-state index is 11.8. The summed E-state index contributed by atoms with van der Waals surface area (Å²) in [5.41, 5.74) is 1.97. The summed E-state index contributed by atoms with van der Waals surface area (Å²) in [6, 6.07) is 12.0. The predicted octanol–water partition coefficient (Wildman–Crippen LogP) is 3.58. The number of carbonyl (C=O) groups is 1. The number of carbonyl (C=O) groups excluding carboxylic acids is 1. The lowest BCUT2D eigenvalue weighted by Gasteiger charge is -2.16. The topological polar surface area (TPSA) is 45.5 Å². The molecular weight excluding hydrogens is 264 g/mol. The molecule has 1 aliphatic rings. The number of nitrogens with one attached hydrogen (secondary N) is 1. The van der Waals surface area contributed by atoms with E-state index >= 15 is 0 Å². The van der Waals surface area contributed by atoms with Gasteiger partial charge in [0, 0.05) is 30.8 Å². The summed E-state index contributed by atoms with van der Waals surface area (Å²) in [6.45, 7) is 3.55. The van der Waals surface area contributed by atoms with Gasteiger partial charge in [0.2, 0.25) is 5.91 Å². The molecule has 4 heteroatoms. The monoisotopic (exact) mass is 284 g/mol. The zero-order valence-corrected chi connectivity index (χ0v) is 12.3. The number of rotatable bonds is 5. The first-order valence-electron chi connectivity index (χ1n) is 7.48. The standard InChI is InChI=1S/C17H20N2O2/c1-2-15-8-9-16(21-15)12-18-13-5-3-6-14(11-13)19-10-4-7-17(19)20/h3,5-6,8-9,11,18H,2,4,7,10,12H2,1H3. The van der Waals surface area contributed by atoms with E-state index in [9.17, 15) is 4.79 Å². The van der Waals surface area contributed by atoms with E-state index in [2.05, 4.69) is 12.2 Å². The van der Waals surface area contributed by atoms with Crippen LogP contribution in [0.5, 0.6) is 0 Å². The first-order valence-corrected chi connectivity index (χ1v) is 7.48. The SMILES string of the molecule is CCc1ccc(CNc2cccc(N3CCCC3=O)c2)o1. The third kappa shape index (κ3) is 3.10. The van der Waals surface area contributed by atoms with Gasteiger partial charge in [-0.15, -0.1) is 0 Å². The molecule has 2 heterocycles. The average molecular weight is 284 g/mol. The summed E-state index contributed by atoms with van der Waals surface area (Å²) in [4.78, 5) is 13.6. The van der Waals surface area contributed by atoms with Crippen molar-refractivity contribution in [3.63, 3.8) is 0 Å². The van der Waals surface area contributed by atoms with Crippen LogP contribution in [-0.2, 0) is 17.8 Å². The summed E-state index contributed by atoms with van der Waals surface area (Å²) >= 11 is 0. The van der Waals surface area contributed by atoms with Gasteiger partial charge >= 0.3 is 0 Å². The van der Waals surface area contributed by atoms with Crippen LogP contribution in [0.25, 0.3) is 0 Å². The van der Waals surface area contributed by atoms with Gasteiger partial charge in [-0.3, -0.25) is 4.79 Å². The molecule has 0 saturated carbocycles. The molecule has 1 saturated heterocycles. The van der Waals surface area contributed by atoms with Crippen LogP contribution in [0.2, 0.25) is 0 Å². The molecule has 2 aromatic rings. The molecule has 1 N–H and O–H groups in total. The van der Waals surface area contributed by atoms with Crippen molar-refractivity contribution in [2.75, 3.05) is 16.8 Å². The second-order valence-electron chi connectivity index (χ2n) is 5.27. The number of hydrogen-bond donors (Lipinski definition) is 1. The fourth-order valence-corrected chi connectivity index (χ4v) is 2.60. The van der Waals surface area contributed by atoms with Crippen LogP contribution >= 0.6 is 0 Å². The van der Waals surface area contributed by atoms with Gasteiger partial charge in [-0.1, -0.05) is 13.0 Å². The molecule has 21 heavy (non-hydrogen) atoms. The molecule has 0 aliphatic carbocycles. The molecule has 0 spiro atoms. The Kier molecular flexibility index (Phi) is 3.95. The quantitative estimate of drug-likeness (QED) is 0.912. The van der Waals surface area contributed by atoms with Crippen LogP contribution in [0.1, 0.15) is 31.3 Å². The number of anilines is 2. The lowest BCUT2D eigenvalue weighted by Crippen LogP contribution is -2.23. The molecule has 1 aromatic heterocycles. The molecule has 1 fully saturated rings. The number of amides is 1. The largest absolute Gasteiger partial charge is 0.464 e. The van der Waals surface area contributed by atoms with Crippen molar-refractivity contribution >= 4 is 17.3 Å². The summed E-state index contributed by atoms with van der Waals surface area (Å²) in [7, 11) is 0. The van der Waals surface area contributed by atoms with Crippen molar-refractivity contribution in [3.8, 4) is 0 Å². The Balaban J connectivity index is 1.67. The Morgan fingerprint density at radius 3 is 2.81 bits per heavy atom. The Morgan fingerprint density at radius 1 is 1.24 bits per heavy atom. The van der Waals surface area contributed by atoms with E-state index in [1.165, 1.54) is 0 Å². The summed E-state index contributed by atoms with van der Waals surface area (Å²) < 4.78 is 5.67. The van der Waals surface area contributed by atoms with Gasteiger partial charge in [0.25, 0.3) is 0 Å². The van der Waals surface area contributed by atoms with E-state index in [4.69, 9.17) is 4.42 Å². The molecule has 0 radical (unpaired) electrons. The molecule has 0 atom stereocenters. The highest BCUT2D eigenvalue weighted by Gasteiger charge is 2.21. The van der Waals surface area contributed by atoms with E-state index in [-0.39, 0.29) is 5.91 Å². The van der Waals surface area contributed by atoms with Crippen LogP contribution in [0.4, 0.5) is 11.4 Å². The maximum absolute atomic E-state index is 11.8. The number of hydrogen-bond acceptors (Lipinski definition) is 3. The highest BCUT2D eigenvalue weighted by Crippen LogP contribution is 2.24. The molecule has 0 bridgehead atoms. The van der Waals surface area contributed by atoms with Crippen molar-refractivity contribution in [1.29, 1.82) is 0 Å². The highest BCUT2D eigenvalue weighted by atomic mass is 16.3. The summed E-state index contributed by atoms with van der Waals surface area (Å²) in [5, 5.41) is 3.35. The first-order chi connectivity index (χ1) is 10.3. The molecule has 4 nitrogen and oxygen atoms in total. The summed E-state index contributed by atoms with van der Waals surface area (Å²) in [6.07, 6.45) is 2.51. The minimum atomic E-state index is 0.214. The van der Waals surface area contributed by atoms with Gasteiger partial charge in [-0.05, 0) is 36.8 Å². The van der Waals surface area contributed by atoms with E-state index in [1.807, 2.05) is 41.3 Å². The Bertz CT molecular complexity index is 633. The van der Waals surface area contributed by atoms with Crippen molar-refractivity contribution < 1.29 is 9.21 Å². The Hall–Kier alpha value is -2.23. The Morgan fingerprint density at radius 2 is 2.10 bits per heavy atom. The lowest BCUT2D eigenvalue weighted by molar-refractivity contribution is -0.117. The first kappa shape index (κ1) is 13.7. The third-order valence-corrected chi connectivity index (χ3v) is 3.76.